The fourth-order valence-corrected chi connectivity index (χ4v) is 2.14. The quantitative estimate of drug-likeness (QED) is 0.789. The number of amides is 3. The number of alkyl halides is 3. The Labute approximate surface area is 160 Å². The molecule has 0 aliphatic heterocycles. The number of anilines is 1. The van der Waals surface area contributed by atoms with Crippen LogP contribution in [0.4, 0.5) is 23.7 Å². The largest absolute Gasteiger partial charge is 0.416 e. The fraction of sp³-hybridized carbons (Fsp3) is 0.200. The third-order valence-corrected chi connectivity index (χ3v) is 3.58. The van der Waals surface area contributed by atoms with Crippen molar-refractivity contribution in [3.8, 4) is 11.8 Å². The highest BCUT2D eigenvalue weighted by Gasteiger charge is 2.29. The molecule has 0 fully saturated rings. The fourth-order valence-electron chi connectivity index (χ4n) is 2.14. The highest BCUT2D eigenvalue weighted by atomic mass is 19.4. The Bertz CT molecular complexity index is 894. The average molecular weight is 389 g/mol. The topological polar surface area (TPSA) is 61.4 Å². The van der Waals surface area contributed by atoms with E-state index in [-0.39, 0.29) is 18.1 Å². The van der Waals surface area contributed by atoms with E-state index >= 15 is 0 Å². The molecule has 2 N–H and O–H groups in total. The molecular formula is C20H18F3N3O2. The van der Waals surface area contributed by atoms with Crippen LogP contribution in [0.3, 0.4) is 0 Å². The van der Waals surface area contributed by atoms with Gasteiger partial charge in [0.25, 0.3) is 5.91 Å². The van der Waals surface area contributed by atoms with Gasteiger partial charge < -0.3 is 15.5 Å². The Kier molecular flexibility index (Phi) is 6.66. The molecule has 0 aromatic heterocycles. The maximum Gasteiger partial charge on any atom is 0.416 e. The van der Waals surface area contributed by atoms with Crippen molar-refractivity contribution in [2.45, 2.75) is 6.18 Å². The number of hydrogen-bond donors (Lipinski definition) is 2. The van der Waals surface area contributed by atoms with Crippen LogP contribution in [0, 0.1) is 11.8 Å². The van der Waals surface area contributed by atoms with Gasteiger partial charge in [-0.3, -0.25) is 4.79 Å². The molecule has 8 heteroatoms. The molecule has 2 aromatic carbocycles. The van der Waals surface area contributed by atoms with Crippen LogP contribution in [0.5, 0.6) is 0 Å². The summed E-state index contributed by atoms with van der Waals surface area (Å²) in [6, 6.07) is 10.3. The van der Waals surface area contributed by atoms with Crippen molar-refractivity contribution < 1.29 is 22.8 Å². The number of nitrogens with one attached hydrogen (secondary N) is 2. The van der Waals surface area contributed by atoms with Crippen molar-refractivity contribution in [1.82, 2.24) is 10.2 Å². The second kappa shape index (κ2) is 8.95. The molecule has 3 amide bonds. The van der Waals surface area contributed by atoms with E-state index in [1.54, 1.807) is 38.4 Å². The third kappa shape index (κ3) is 6.06. The van der Waals surface area contributed by atoms with Gasteiger partial charge >= 0.3 is 12.2 Å². The number of benzene rings is 2. The van der Waals surface area contributed by atoms with E-state index in [1.165, 1.54) is 17.0 Å². The molecule has 0 saturated carbocycles. The van der Waals surface area contributed by atoms with Gasteiger partial charge in [0.05, 0.1) is 12.1 Å². The molecule has 0 atom stereocenters. The summed E-state index contributed by atoms with van der Waals surface area (Å²) in [6.07, 6.45) is -4.42. The van der Waals surface area contributed by atoms with Crippen LogP contribution in [-0.2, 0) is 6.18 Å². The molecule has 0 heterocycles. The van der Waals surface area contributed by atoms with Gasteiger partial charge in [-0.25, -0.2) is 4.79 Å². The summed E-state index contributed by atoms with van der Waals surface area (Å²) >= 11 is 0. The molecule has 2 rings (SSSR count). The maximum absolute atomic E-state index is 12.5. The minimum atomic E-state index is -4.42. The molecule has 5 nitrogen and oxygen atoms in total. The highest BCUT2D eigenvalue weighted by Crippen LogP contribution is 2.29. The molecule has 0 spiro atoms. The van der Waals surface area contributed by atoms with Crippen molar-refractivity contribution in [3.63, 3.8) is 0 Å². The Morgan fingerprint density at radius 2 is 1.61 bits per heavy atom. The molecule has 0 aliphatic carbocycles. The maximum atomic E-state index is 12.5. The summed E-state index contributed by atoms with van der Waals surface area (Å²) in [5.74, 6) is 5.48. The molecule has 146 valence electrons. The number of carbonyl (C=O) groups is 2. The molecule has 28 heavy (non-hydrogen) atoms. The lowest BCUT2D eigenvalue weighted by molar-refractivity contribution is -0.137. The lowest BCUT2D eigenvalue weighted by Gasteiger charge is -2.09. The van der Waals surface area contributed by atoms with Gasteiger partial charge in [0.15, 0.2) is 0 Å². The minimum absolute atomic E-state index is 0.0465. The van der Waals surface area contributed by atoms with E-state index in [1.807, 2.05) is 0 Å². The SMILES string of the molecule is CN(C)C(=O)c1ccc(C#CCNC(=O)Nc2ccc(C(F)(F)F)cc2)cc1. The van der Waals surface area contributed by atoms with Crippen LogP contribution >= 0.6 is 0 Å². The lowest BCUT2D eigenvalue weighted by Crippen LogP contribution is -2.28. The van der Waals surface area contributed by atoms with E-state index in [2.05, 4.69) is 22.5 Å². The smallest absolute Gasteiger partial charge is 0.345 e. The molecule has 2 aromatic rings. The van der Waals surface area contributed by atoms with E-state index in [4.69, 9.17) is 0 Å². The second-order valence-corrected chi connectivity index (χ2v) is 5.96. The zero-order valence-corrected chi connectivity index (χ0v) is 15.2. The van der Waals surface area contributed by atoms with Crippen molar-refractivity contribution in [3.05, 3.63) is 65.2 Å². The summed E-state index contributed by atoms with van der Waals surface area (Å²) < 4.78 is 37.5. The standard InChI is InChI=1S/C20H18F3N3O2/c1-26(2)18(27)15-7-5-14(6-8-15)4-3-13-24-19(28)25-17-11-9-16(10-12-17)20(21,22)23/h5-12H,13H2,1-2H3,(H2,24,25,28). The Hall–Kier alpha value is -3.47. The van der Waals surface area contributed by atoms with E-state index in [0.717, 1.165) is 12.1 Å². The Morgan fingerprint density at radius 3 is 2.14 bits per heavy atom. The predicted octanol–water partition coefficient (Wildman–Crippen LogP) is 3.58. The van der Waals surface area contributed by atoms with Gasteiger partial charge in [-0.2, -0.15) is 13.2 Å². The van der Waals surface area contributed by atoms with E-state index in [0.29, 0.717) is 11.1 Å². The van der Waals surface area contributed by atoms with Gasteiger partial charge in [0, 0.05) is 30.9 Å². The van der Waals surface area contributed by atoms with Crippen LogP contribution in [0.2, 0.25) is 0 Å². The average Bonchev–Trinajstić information content (AvgIpc) is 2.65. The van der Waals surface area contributed by atoms with Crippen LogP contribution < -0.4 is 10.6 Å². The molecule has 0 saturated heterocycles. The van der Waals surface area contributed by atoms with E-state index < -0.39 is 17.8 Å². The van der Waals surface area contributed by atoms with Crippen LogP contribution in [0.25, 0.3) is 0 Å². The molecule has 0 unspecified atom stereocenters. The van der Waals surface area contributed by atoms with Crippen LogP contribution in [-0.4, -0.2) is 37.5 Å². The van der Waals surface area contributed by atoms with Gasteiger partial charge in [-0.1, -0.05) is 11.8 Å². The third-order valence-electron chi connectivity index (χ3n) is 3.58. The molecule has 0 radical (unpaired) electrons. The number of hydrogen-bond acceptors (Lipinski definition) is 2. The van der Waals surface area contributed by atoms with Crippen LogP contribution in [0.1, 0.15) is 21.5 Å². The number of halogens is 3. The minimum Gasteiger partial charge on any atom is -0.345 e. The van der Waals surface area contributed by atoms with Gasteiger partial charge in [0.2, 0.25) is 0 Å². The first-order valence-corrected chi connectivity index (χ1v) is 8.19. The highest BCUT2D eigenvalue weighted by molar-refractivity contribution is 5.94. The number of nitrogens with zero attached hydrogens (tertiary/aromatic N) is 1. The lowest BCUT2D eigenvalue weighted by atomic mass is 10.1. The number of urea groups is 1. The van der Waals surface area contributed by atoms with Crippen molar-refractivity contribution in [2.24, 2.45) is 0 Å². The van der Waals surface area contributed by atoms with Gasteiger partial charge in [-0.05, 0) is 48.5 Å². The van der Waals surface area contributed by atoms with Crippen molar-refractivity contribution in [1.29, 1.82) is 0 Å². The van der Waals surface area contributed by atoms with E-state index in [9.17, 15) is 22.8 Å². The van der Waals surface area contributed by atoms with Gasteiger partial charge in [-0.15, -0.1) is 0 Å². The normalized spacial score (nSPS) is 10.5. The first-order chi connectivity index (χ1) is 13.2. The summed E-state index contributed by atoms with van der Waals surface area (Å²) in [4.78, 5) is 25.0. The summed E-state index contributed by atoms with van der Waals surface area (Å²) in [7, 11) is 3.33. The molecule has 0 aliphatic rings. The Balaban J connectivity index is 1.83. The summed E-state index contributed by atoms with van der Waals surface area (Å²) in [6.45, 7) is 0.0465. The molecule has 0 bridgehead atoms. The zero-order valence-electron chi connectivity index (χ0n) is 15.2. The first kappa shape index (κ1) is 20.8. The Morgan fingerprint density at radius 1 is 1.00 bits per heavy atom. The van der Waals surface area contributed by atoms with Crippen molar-refractivity contribution >= 4 is 17.6 Å². The summed E-state index contributed by atoms with van der Waals surface area (Å²) in [5.41, 5.74) is 0.673. The second-order valence-electron chi connectivity index (χ2n) is 5.96. The number of rotatable bonds is 3. The molecular weight excluding hydrogens is 371 g/mol. The predicted molar refractivity (Wildman–Crippen MR) is 99.8 cm³/mol. The van der Waals surface area contributed by atoms with Gasteiger partial charge in [0.1, 0.15) is 0 Å². The zero-order chi connectivity index (χ0) is 20.7. The first-order valence-electron chi connectivity index (χ1n) is 8.19. The van der Waals surface area contributed by atoms with Crippen molar-refractivity contribution in [2.75, 3.05) is 26.0 Å². The number of carbonyl (C=O) groups excluding carboxylic acids is 2. The monoisotopic (exact) mass is 389 g/mol. The summed E-state index contributed by atoms with van der Waals surface area (Å²) in [5, 5.41) is 4.91. The van der Waals surface area contributed by atoms with Crippen LogP contribution in [0.15, 0.2) is 48.5 Å².